The topological polar surface area (TPSA) is 66.1 Å². The van der Waals surface area contributed by atoms with Crippen molar-refractivity contribution in [2.75, 3.05) is 39.9 Å². The van der Waals surface area contributed by atoms with Crippen LogP contribution in [-0.4, -0.2) is 60.0 Å². The van der Waals surface area contributed by atoms with Gasteiger partial charge in [0.25, 0.3) is 0 Å². The molecule has 0 saturated carbocycles. The minimum Gasteiger partial charge on any atom is -0.388 e. The van der Waals surface area contributed by atoms with E-state index in [1.807, 2.05) is 13.2 Å². The predicted molar refractivity (Wildman–Crippen MR) is 111 cm³/mol. The molecule has 6 nitrogen and oxygen atoms in total. The van der Waals surface area contributed by atoms with E-state index in [-0.39, 0.29) is 0 Å². The summed E-state index contributed by atoms with van der Waals surface area (Å²) in [5.74, 6) is 0. The molecule has 4 rings (SSSR count). The van der Waals surface area contributed by atoms with Gasteiger partial charge in [-0.05, 0) is 24.3 Å². The van der Waals surface area contributed by atoms with E-state index in [1.165, 1.54) is 5.39 Å². The third-order valence-electron chi connectivity index (χ3n) is 4.71. The van der Waals surface area contributed by atoms with Crippen LogP contribution in [0.2, 0.25) is 0 Å². The maximum absolute atomic E-state index is 5.39. The summed E-state index contributed by atoms with van der Waals surface area (Å²) in [6.07, 6.45) is 8.49. The summed E-state index contributed by atoms with van der Waals surface area (Å²) in [5, 5.41) is 13.6. The molecule has 0 aliphatic carbocycles. The molecule has 1 fully saturated rings. The van der Waals surface area contributed by atoms with Crippen LogP contribution in [-0.2, 0) is 4.74 Å². The molecular formula is C20H23N5OS. The van der Waals surface area contributed by atoms with Crippen molar-refractivity contribution in [2.45, 2.75) is 0 Å². The quantitative estimate of drug-likeness (QED) is 0.642. The van der Waals surface area contributed by atoms with Crippen LogP contribution in [0.5, 0.6) is 0 Å². The molecule has 0 amide bonds. The normalized spacial score (nSPS) is 16.4. The zero-order valence-electron chi connectivity index (χ0n) is 15.3. The van der Waals surface area contributed by atoms with Crippen molar-refractivity contribution < 1.29 is 4.74 Å². The molecule has 140 valence electrons. The van der Waals surface area contributed by atoms with E-state index in [0.29, 0.717) is 0 Å². The monoisotopic (exact) mass is 381 g/mol. The number of hydrogen-bond acceptors (Lipinski definition) is 6. The van der Waals surface area contributed by atoms with Crippen LogP contribution >= 0.6 is 11.3 Å². The van der Waals surface area contributed by atoms with E-state index >= 15 is 0 Å². The molecule has 7 heteroatoms. The first-order valence-corrected chi connectivity index (χ1v) is 9.96. The Morgan fingerprint density at radius 3 is 3.04 bits per heavy atom. The van der Waals surface area contributed by atoms with E-state index in [1.54, 1.807) is 16.8 Å². The Hall–Kier alpha value is -2.48. The lowest BCUT2D eigenvalue weighted by atomic mass is 10.1. The van der Waals surface area contributed by atoms with Crippen LogP contribution < -0.4 is 5.32 Å². The van der Waals surface area contributed by atoms with Crippen LogP contribution in [0.15, 0.2) is 48.1 Å². The van der Waals surface area contributed by atoms with Gasteiger partial charge < -0.3 is 15.0 Å². The van der Waals surface area contributed by atoms with Gasteiger partial charge in [0.05, 0.1) is 13.2 Å². The first-order chi connectivity index (χ1) is 13.3. The van der Waals surface area contributed by atoms with Gasteiger partial charge in [0.2, 0.25) is 0 Å². The highest BCUT2D eigenvalue weighted by atomic mass is 32.1. The van der Waals surface area contributed by atoms with E-state index in [0.717, 1.165) is 60.2 Å². The van der Waals surface area contributed by atoms with E-state index < -0.39 is 0 Å². The third-order valence-corrected chi connectivity index (χ3v) is 5.45. The van der Waals surface area contributed by atoms with Crippen LogP contribution in [0, 0.1) is 0 Å². The highest BCUT2D eigenvalue weighted by Crippen LogP contribution is 2.29. The fraction of sp³-hybridized carbons (Fsp3) is 0.300. The third kappa shape index (κ3) is 4.10. The largest absolute Gasteiger partial charge is 0.388 e. The predicted octanol–water partition coefficient (Wildman–Crippen LogP) is 3.14. The molecule has 1 saturated heterocycles. The summed E-state index contributed by atoms with van der Waals surface area (Å²) in [7, 11) is 1.95. The summed E-state index contributed by atoms with van der Waals surface area (Å²) >= 11 is 1.55. The van der Waals surface area contributed by atoms with E-state index in [2.05, 4.69) is 61.8 Å². The summed E-state index contributed by atoms with van der Waals surface area (Å²) < 4.78 is 5.39. The van der Waals surface area contributed by atoms with Gasteiger partial charge in [-0.3, -0.25) is 4.90 Å². The van der Waals surface area contributed by atoms with Crippen molar-refractivity contribution in [3.8, 4) is 10.6 Å². The lowest BCUT2D eigenvalue weighted by Gasteiger charge is -2.25. The Morgan fingerprint density at radius 1 is 1.37 bits per heavy atom. The number of nitrogens with zero attached hydrogens (tertiary/aromatic N) is 3. The van der Waals surface area contributed by atoms with Crippen LogP contribution in [0.25, 0.3) is 27.2 Å². The molecule has 27 heavy (non-hydrogen) atoms. The average molecular weight is 382 g/mol. The highest BCUT2D eigenvalue weighted by molar-refractivity contribution is 7.12. The molecule has 0 unspecified atom stereocenters. The molecule has 0 bridgehead atoms. The Balaban J connectivity index is 1.56. The number of ether oxygens (including phenoxy) is 1. The minimum atomic E-state index is 0.831. The zero-order valence-corrected chi connectivity index (χ0v) is 16.1. The van der Waals surface area contributed by atoms with Gasteiger partial charge >= 0.3 is 0 Å². The van der Waals surface area contributed by atoms with Gasteiger partial charge in [0, 0.05) is 60.6 Å². The molecule has 1 aliphatic heterocycles. The second-order valence-electron chi connectivity index (χ2n) is 6.38. The second-order valence-corrected chi connectivity index (χ2v) is 7.21. The Kier molecular flexibility index (Phi) is 5.62. The molecule has 1 aromatic carbocycles. The standard InChI is InChI=1S/C20H23N5OS/c1-21-18(4-2-3-7-25-8-10-26-11-9-25)17-13-22-19-6-5-15(12-16(17)19)20-24-23-14-27-20/h2-6,12-14,21-22H,7-11H2,1H3/b3-2-,18-4-. The summed E-state index contributed by atoms with van der Waals surface area (Å²) in [4.78, 5) is 5.75. The zero-order chi connectivity index (χ0) is 18.5. The number of allylic oxidation sites excluding steroid dienone is 2. The van der Waals surface area contributed by atoms with Crippen molar-refractivity contribution >= 4 is 27.9 Å². The van der Waals surface area contributed by atoms with Crippen molar-refractivity contribution in [3.63, 3.8) is 0 Å². The van der Waals surface area contributed by atoms with Crippen molar-refractivity contribution in [3.05, 3.63) is 53.7 Å². The van der Waals surface area contributed by atoms with Gasteiger partial charge in [-0.15, -0.1) is 10.2 Å². The first kappa shape index (κ1) is 17.9. The number of morpholine rings is 1. The number of aromatic nitrogens is 3. The number of hydrogen-bond donors (Lipinski definition) is 2. The number of rotatable bonds is 6. The number of H-pyrrole nitrogens is 1. The molecule has 1 aliphatic rings. The van der Waals surface area contributed by atoms with Crippen LogP contribution in [0.3, 0.4) is 0 Å². The molecule has 0 spiro atoms. The summed E-state index contributed by atoms with van der Waals surface area (Å²) in [5.41, 5.74) is 6.18. The number of benzene rings is 1. The molecule has 3 aromatic rings. The molecule has 2 N–H and O–H groups in total. The summed E-state index contributed by atoms with van der Waals surface area (Å²) in [6, 6.07) is 6.34. The van der Waals surface area contributed by atoms with Crippen molar-refractivity contribution in [1.29, 1.82) is 0 Å². The Morgan fingerprint density at radius 2 is 2.26 bits per heavy atom. The molecule has 3 heterocycles. The molecule has 0 atom stereocenters. The van der Waals surface area contributed by atoms with Gasteiger partial charge in [-0.25, -0.2) is 0 Å². The van der Waals surface area contributed by atoms with Gasteiger partial charge in [-0.1, -0.05) is 23.5 Å². The van der Waals surface area contributed by atoms with Gasteiger partial charge in [0.15, 0.2) is 0 Å². The van der Waals surface area contributed by atoms with E-state index in [9.17, 15) is 0 Å². The van der Waals surface area contributed by atoms with Crippen LogP contribution in [0.1, 0.15) is 5.56 Å². The maximum Gasteiger partial charge on any atom is 0.147 e. The SMILES string of the molecule is CN/C(=C\C=C/CN1CCOCC1)c1c[nH]c2ccc(-c3nncs3)cc12. The van der Waals surface area contributed by atoms with Crippen LogP contribution in [0.4, 0.5) is 0 Å². The first-order valence-electron chi connectivity index (χ1n) is 9.08. The van der Waals surface area contributed by atoms with Gasteiger partial charge in [-0.2, -0.15) is 0 Å². The van der Waals surface area contributed by atoms with E-state index in [4.69, 9.17) is 4.74 Å². The maximum atomic E-state index is 5.39. The lowest BCUT2D eigenvalue weighted by molar-refractivity contribution is 0.0434. The Labute approximate surface area is 162 Å². The number of fused-ring (bicyclic) bond motifs is 1. The lowest BCUT2D eigenvalue weighted by Crippen LogP contribution is -2.36. The fourth-order valence-corrected chi connectivity index (χ4v) is 3.79. The molecular weight excluding hydrogens is 358 g/mol. The minimum absolute atomic E-state index is 0.831. The fourth-order valence-electron chi connectivity index (χ4n) is 3.24. The smallest absolute Gasteiger partial charge is 0.147 e. The highest BCUT2D eigenvalue weighted by Gasteiger charge is 2.10. The van der Waals surface area contributed by atoms with Gasteiger partial charge in [0.1, 0.15) is 10.5 Å². The Bertz CT molecular complexity index is 939. The average Bonchev–Trinajstić information content (AvgIpc) is 3.39. The van der Waals surface area contributed by atoms with Crippen molar-refractivity contribution in [2.24, 2.45) is 0 Å². The van der Waals surface area contributed by atoms with Crippen molar-refractivity contribution in [1.82, 2.24) is 25.4 Å². The number of nitrogens with one attached hydrogen (secondary N) is 2. The molecule has 0 radical (unpaired) electrons. The second kappa shape index (κ2) is 8.47. The molecule has 2 aromatic heterocycles. The summed E-state index contributed by atoms with van der Waals surface area (Å²) in [6.45, 7) is 4.62. The number of aromatic amines is 1.